The summed E-state index contributed by atoms with van der Waals surface area (Å²) in [7, 11) is 14.7. The van der Waals surface area contributed by atoms with Crippen molar-refractivity contribution >= 4 is 34.8 Å². The standard InChI is InChI=1S/C6H5.3ClH.Fe/c1-2-4-6-5-3-1;;;;/h1-5H;3*1H;/q;;;;+3/p-3. The summed E-state index contributed by atoms with van der Waals surface area (Å²) in [6.07, 6.45) is 0. The van der Waals surface area contributed by atoms with Crippen LogP contribution in [0.1, 0.15) is 0 Å². The van der Waals surface area contributed by atoms with Crippen LogP contribution < -0.4 is 4.46 Å². The second-order valence-corrected chi connectivity index (χ2v) is 10.0. The number of hydrogen-bond donors (Lipinski definition) is 0. The quantitative estimate of drug-likeness (QED) is 0.661. The van der Waals surface area contributed by atoms with Crippen molar-refractivity contribution in [3.63, 3.8) is 0 Å². The molecular weight excluding hydrogens is 234 g/mol. The summed E-state index contributed by atoms with van der Waals surface area (Å²) < 4.78 is 0.819. The van der Waals surface area contributed by atoms with E-state index in [2.05, 4.69) is 0 Å². The van der Waals surface area contributed by atoms with Crippen LogP contribution >= 0.6 is 30.3 Å². The van der Waals surface area contributed by atoms with Gasteiger partial charge in [0.1, 0.15) is 0 Å². The zero-order chi connectivity index (χ0) is 7.61. The van der Waals surface area contributed by atoms with Crippen molar-refractivity contribution in [2.45, 2.75) is 0 Å². The third-order valence-corrected chi connectivity index (χ3v) is 3.96. The molecule has 4 heteroatoms. The Morgan fingerprint density at radius 3 is 1.70 bits per heavy atom. The molecule has 0 spiro atoms. The van der Waals surface area contributed by atoms with E-state index in [0.29, 0.717) is 0 Å². The molecule has 10 heavy (non-hydrogen) atoms. The minimum absolute atomic E-state index is 0.819. The summed E-state index contributed by atoms with van der Waals surface area (Å²) in [4.78, 5) is 0. The molecule has 0 heterocycles. The number of hydrogen-bond acceptors (Lipinski definition) is 0. The van der Waals surface area contributed by atoms with Crippen molar-refractivity contribution in [1.29, 1.82) is 0 Å². The molecule has 0 saturated heterocycles. The molecule has 58 valence electrons. The first-order valence-corrected chi connectivity index (χ1v) is 7.60. The molecule has 0 nitrogen and oxygen atoms in total. The van der Waals surface area contributed by atoms with E-state index in [1.165, 1.54) is 0 Å². The summed E-state index contributed by atoms with van der Waals surface area (Å²) in [5.41, 5.74) is 0. The first-order valence-electron chi connectivity index (χ1n) is 2.49. The Kier molecular flexibility index (Phi) is 2.90. The minimum atomic E-state index is -2.48. The molecule has 0 saturated carbocycles. The van der Waals surface area contributed by atoms with Gasteiger partial charge < -0.3 is 0 Å². The molecule has 0 aliphatic rings. The second kappa shape index (κ2) is 3.34. The fourth-order valence-electron chi connectivity index (χ4n) is 0.544. The average molecular weight is 239 g/mol. The van der Waals surface area contributed by atoms with Crippen LogP contribution in [-0.4, -0.2) is 0 Å². The van der Waals surface area contributed by atoms with Gasteiger partial charge in [-0.05, 0) is 0 Å². The van der Waals surface area contributed by atoms with Crippen molar-refractivity contribution in [2.24, 2.45) is 0 Å². The zero-order valence-electron chi connectivity index (χ0n) is 4.87. The first-order chi connectivity index (χ1) is 4.61. The topological polar surface area (TPSA) is 0 Å². The fourth-order valence-corrected chi connectivity index (χ4v) is 2.28. The predicted octanol–water partition coefficient (Wildman–Crippen LogP) is 2.93. The van der Waals surface area contributed by atoms with E-state index >= 15 is 0 Å². The van der Waals surface area contributed by atoms with Gasteiger partial charge in [-0.15, -0.1) is 0 Å². The number of benzene rings is 1. The van der Waals surface area contributed by atoms with E-state index in [9.17, 15) is 0 Å². The van der Waals surface area contributed by atoms with E-state index in [1.807, 2.05) is 30.3 Å². The van der Waals surface area contributed by atoms with Gasteiger partial charge in [0, 0.05) is 0 Å². The van der Waals surface area contributed by atoms with E-state index in [-0.39, 0.29) is 0 Å². The van der Waals surface area contributed by atoms with Crippen LogP contribution in [0.5, 0.6) is 0 Å². The van der Waals surface area contributed by atoms with Crippen molar-refractivity contribution in [1.82, 2.24) is 0 Å². The summed E-state index contributed by atoms with van der Waals surface area (Å²) in [5, 5.41) is 0. The van der Waals surface area contributed by atoms with Crippen LogP contribution in [-0.2, 0) is 10.1 Å². The molecule has 1 rings (SSSR count). The molecular formula is C6H5Cl3Fe. The molecule has 0 unspecified atom stereocenters. The summed E-state index contributed by atoms with van der Waals surface area (Å²) in [6.45, 7) is 0. The van der Waals surface area contributed by atoms with Crippen LogP contribution in [0.25, 0.3) is 0 Å². The van der Waals surface area contributed by atoms with Gasteiger partial charge in [0.25, 0.3) is 0 Å². The van der Waals surface area contributed by atoms with Gasteiger partial charge in [0.2, 0.25) is 0 Å². The van der Waals surface area contributed by atoms with Crippen molar-refractivity contribution in [2.75, 3.05) is 0 Å². The Balaban J connectivity index is 2.97. The van der Waals surface area contributed by atoms with Crippen LogP contribution in [0, 0.1) is 0 Å². The summed E-state index contributed by atoms with van der Waals surface area (Å²) >= 11 is 0. The molecule has 0 amide bonds. The molecule has 0 aliphatic carbocycles. The Hall–Kier alpha value is 0.609. The average Bonchev–Trinajstić information content (AvgIpc) is 1.88. The van der Waals surface area contributed by atoms with Gasteiger partial charge in [0.05, 0.1) is 0 Å². The van der Waals surface area contributed by atoms with Crippen LogP contribution in [0.15, 0.2) is 30.3 Å². The Morgan fingerprint density at radius 1 is 0.900 bits per heavy atom. The molecule has 0 fully saturated rings. The molecule has 0 atom stereocenters. The second-order valence-electron chi connectivity index (χ2n) is 1.63. The zero-order valence-corrected chi connectivity index (χ0v) is 8.25. The number of rotatable bonds is 1. The predicted molar refractivity (Wildman–Crippen MR) is 43.6 cm³/mol. The van der Waals surface area contributed by atoms with Crippen molar-refractivity contribution in [3.05, 3.63) is 30.3 Å². The van der Waals surface area contributed by atoms with E-state index in [1.54, 1.807) is 0 Å². The normalized spacial score (nSPS) is 13.1. The third-order valence-electron chi connectivity index (χ3n) is 0.956. The van der Waals surface area contributed by atoms with Gasteiger partial charge in [-0.1, -0.05) is 0 Å². The molecule has 1 aromatic carbocycles. The van der Waals surface area contributed by atoms with Crippen molar-refractivity contribution in [3.8, 4) is 0 Å². The van der Waals surface area contributed by atoms with Crippen LogP contribution in [0.4, 0.5) is 0 Å². The van der Waals surface area contributed by atoms with Gasteiger partial charge in [-0.2, -0.15) is 0 Å². The van der Waals surface area contributed by atoms with E-state index in [0.717, 1.165) is 4.46 Å². The molecule has 0 aliphatic heterocycles. The van der Waals surface area contributed by atoms with E-state index < -0.39 is 10.1 Å². The summed E-state index contributed by atoms with van der Waals surface area (Å²) in [5.74, 6) is 0. The molecule has 0 radical (unpaired) electrons. The Bertz CT molecular complexity index is 204. The maximum atomic E-state index is 5.71. The van der Waals surface area contributed by atoms with Gasteiger partial charge in [0.15, 0.2) is 0 Å². The number of halogens is 3. The fraction of sp³-hybridized carbons (Fsp3) is 0. The van der Waals surface area contributed by atoms with Crippen LogP contribution in [0.2, 0.25) is 0 Å². The third kappa shape index (κ3) is 2.34. The van der Waals surface area contributed by atoms with Gasteiger partial charge >= 0.3 is 75.2 Å². The van der Waals surface area contributed by atoms with Crippen LogP contribution in [0.3, 0.4) is 0 Å². The Morgan fingerprint density at radius 2 is 1.40 bits per heavy atom. The van der Waals surface area contributed by atoms with E-state index in [4.69, 9.17) is 30.3 Å². The SMILES string of the molecule is [Cl][Fe]([Cl])([Cl])[c]1ccccc1. The molecule has 0 bridgehead atoms. The van der Waals surface area contributed by atoms with Gasteiger partial charge in [-0.3, -0.25) is 0 Å². The molecule has 0 aromatic heterocycles. The molecule has 1 aromatic rings. The monoisotopic (exact) mass is 238 g/mol. The van der Waals surface area contributed by atoms with Crippen molar-refractivity contribution < 1.29 is 10.1 Å². The Labute approximate surface area is 75.0 Å². The van der Waals surface area contributed by atoms with Gasteiger partial charge in [-0.25, -0.2) is 0 Å². The summed E-state index contributed by atoms with van der Waals surface area (Å²) in [6, 6.07) is 9.27. The first kappa shape index (κ1) is 8.70. The maximum absolute atomic E-state index is 5.71. The molecule has 0 N–H and O–H groups in total.